The summed E-state index contributed by atoms with van der Waals surface area (Å²) in [5.41, 5.74) is 0. The van der Waals surface area contributed by atoms with Gasteiger partial charge in [-0.3, -0.25) is 14.4 Å². The summed E-state index contributed by atoms with van der Waals surface area (Å²) in [6, 6.07) is 0. The molecule has 0 aromatic carbocycles. The van der Waals surface area contributed by atoms with E-state index < -0.39 is 6.10 Å². The zero-order valence-corrected chi connectivity index (χ0v) is 54.5. The van der Waals surface area contributed by atoms with E-state index in [9.17, 15) is 14.4 Å². The summed E-state index contributed by atoms with van der Waals surface area (Å²) in [5.74, 6) is -0.888. The molecule has 0 saturated carbocycles. The number of carbonyl (C=O) groups is 3. The van der Waals surface area contributed by atoms with Crippen molar-refractivity contribution in [2.75, 3.05) is 13.2 Å². The van der Waals surface area contributed by atoms with Gasteiger partial charge in [-0.25, -0.2) is 0 Å². The third kappa shape index (κ3) is 67.4. The topological polar surface area (TPSA) is 78.9 Å². The molecule has 0 fully saturated rings. The van der Waals surface area contributed by atoms with Crippen LogP contribution in [0.25, 0.3) is 0 Å². The summed E-state index contributed by atoms with van der Waals surface area (Å²) in [4.78, 5) is 38.5. The molecule has 0 spiro atoms. The quantitative estimate of drug-likeness (QED) is 0.0261. The van der Waals surface area contributed by atoms with Gasteiger partial charge in [-0.2, -0.15) is 0 Å². The second-order valence-corrected chi connectivity index (χ2v) is 23.8. The molecule has 0 heterocycles. The average Bonchev–Trinajstić information content (AvgIpc) is 3.47. The van der Waals surface area contributed by atoms with Crippen molar-refractivity contribution in [3.8, 4) is 0 Å². The fourth-order valence-electron chi connectivity index (χ4n) is 10.3. The minimum Gasteiger partial charge on any atom is -0.462 e. The van der Waals surface area contributed by atoms with Gasteiger partial charge in [-0.05, 0) is 96.3 Å². The molecule has 0 rings (SSSR count). The van der Waals surface area contributed by atoms with Crippen LogP contribution in [0.4, 0.5) is 0 Å². The van der Waals surface area contributed by atoms with Crippen molar-refractivity contribution in [2.24, 2.45) is 0 Å². The Morgan fingerprint density at radius 2 is 0.476 bits per heavy atom. The maximum Gasteiger partial charge on any atom is 0.306 e. The Bertz CT molecular complexity index is 1550. The van der Waals surface area contributed by atoms with E-state index in [0.717, 1.165) is 109 Å². The number of esters is 3. The van der Waals surface area contributed by atoms with Crippen LogP contribution in [0.5, 0.6) is 0 Å². The van der Waals surface area contributed by atoms with Gasteiger partial charge < -0.3 is 14.2 Å². The highest BCUT2D eigenvalue weighted by Crippen LogP contribution is 2.18. The standard InChI is InChI=1S/C76H134O6/c1-4-7-10-13-16-19-22-25-28-31-33-35-37-38-40-41-43-45-48-51-54-57-60-63-66-69-75(78)81-72-73(71-80-74(77)68-65-62-59-56-53-50-47-30-27-24-21-18-15-12-9-6-3)82-76(79)70-67-64-61-58-55-52-49-46-44-42-39-36-34-32-29-26-23-20-17-14-11-8-5-2/h8,11,17,20,26,29,31,33-34,36,42,44,49,52,73H,4-7,9-10,12-16,18-19,21-25,27-28,30,32,35,37-41,43,45-48,50-51,53-72H2,1-3H3/b11-8-,20-17-,29-26-,33-31-,36-34-,44-42-,52-49-. The van der Waals surface area contributed by atoms with E-state index in [-0.39, 0.29) is 31.1 Å². The molecular formula is C76H134O6. The number of hydrogen-bond acceptors (Lipinski definition) is 6. The van der Waals surface area contributed by atoms with Crippen molar-refractivity contribution < 1.29 is 28.6 Å². The van der Waals surface area contributed by atoms with Crippen LogP contribution in [-0.4, -0.2) is 37.2 Å². The Hall–Kier alpha value is -3.41. The highest BCUT2D eigenvalue weighted by molar-refractivity contribution is 5.71. The molecule has 0 bridgehead atoms. The lowest BCUT2D eigenvalue weighted by Gasteiger charge is -2.18. The normalized spacial score (nSPS) is 12.6. The van der Waals surface area contributed by atoms with E-state index in [2.05, 4.69) is 106 Å². The van der Waals surface area contributed by atoms with Crippen LogP contribution in [0, 0.1) is 0 Å². The van der Waals surface area contributed by atoms with Gasteiger partial charge in [-0.15, -0.1) is 0 Å². The van der Waals surface area contributed by atoms with Crippen LogP contribution >= 0.6 is 0 Å². The lowest BCUT2D eigenvalue weighted by atomic mass is 10.0. The summed E-state index contributed by atoms with van der Waals surface area (Å²) >= 11 is 0. The van der Waals surface area contributed by atoms with E-state index >= 15 is 0 Å². The number of unbranched alkanes of at least 4 members (excludes halogenated alkanes) is 40. The molecule has 6 heteroatoms. The number of hydrogen-bond donors (Lipinski definition) is 0. The summed E-state index contributed by atoms with van der Waals surface area (Å²) in [7, 11) is 0. The van der Waals surface area contributed by atoms with E-state index in [0.29, 0.717) is 19.3 Å². The second kappa shape index (κ2) is 70.1. The first-order chi connectivity index (χ1) is 40.5. The SMILES string of the molecule is CC/C=C\C/C=C\C/C=C\C/C=C\C/C=C\C/C=C\CCCCCCC(=O)OC(COC(=O)CCCCCCCCCCCCCCC/C=C\CCCCCCCCCC)COC(=O)CCCCCCCCCCCCCCCCCC. The van der Waals surface area contributed by atoms with Crippen LogP contribution in [0.15, 0.2) is 85.1 Å². The van der Waals surface area contributed by atoms with Gasteiger partial charge in [0.2, 0.25) is 0 Å². The molecule has 82 heavy (non-hydrogen) atoms. The van der Waals surface area contributed by atoms with Crippen molar-refractivity contribution in [2.45, 2.75) is 367 Å². The van der Waals surface area contributed by atoms with Crippen molar-refractivity contribution in [1.29, 1.82) is 0 Å². The van der Waals surface area contributed by atoms with Crippen LogP contribution in [-0.2, 0) is 28.6 Å². The molecule has 0 saturated heterocycles. The molecule has 0 radical (unpaired) electrons. The maximum atomic E-state index is 13.0. The zero-order chi connectivity index (χ0) is 59.2. The van der Waals surface area contributed by atoms with Gasteiger partial charge in [0.15, 0.2) is 6.10 Å². The second-order valence-electron chi connectivity index (χ2n) is 23.8. The van der Waals surface area contributed by atoms with Gasteiger partial charge in [0.05, 0.1) is 0 Å². The van der Waals surface area contributed by atoms with Crippen molar-refractivity contribution in [3.05, 3.63) is 85.1 Å². The Morgan fingerprint density at radius 3 is 0.756 bits per heavy atom. The number of carbonyl (C=O) groups excluding carboxylic acids is 3. The van der Waals surface area contributed by atoms with E-state index in [1.165, 1.54) is 212 Å². The molecule has 0 aliphatic heterocycles. The molecule has 1 unspecified atom stereocenters. The molecule has 6 nitrogen and oxygen atoms in total. The van der Waals surface area contributed by atoms with Crippen molar-refractivity contribution >= 4 is 17.9 Å². The fourth-order valence-corrected chi connectivity index (χ4v) is 10.3. The summed E-state index contributed by atoms with van der Waals surface area (Å²) in [6.45, 7) is 6.56. The van der Waals surface area contributed by atoms with Crippen LogP contribution < -0.4 is 0 Å². The van der Waals surface area contributed by atoms with Gasteiger partial charge in [0.25, 0.3) is 0 Å². The van der Waals surface area contributed by atoms with Gasteiger partial charge in [0, 0.05) is 19.3 Å². The molecular weight excluding hydrogens is 1010 g/mol. The van der Waals surface area contributed by atoms with Crippen molar-refractivity contribution in [1.82, 2.24) is 0 Å². The molecule has 0 aromatic heterocycles. The predicted molar refractivity (Wildman–Crippen MR) is 358 cm³/mol. The van der Waals surface area contributed by atoms with Gasteiger partial charge in [-0.1, -0.05) is 331 Å². The highest BCUT2D eigenvalue weighted by atomic mass is 16.6. The zero-order valence-electron chi connectivity index (χ0n) is 54.5. The molecule has 1 atom stereocenters. The third-order valence-electron chi connectivity index (χ3n) is 15.6. The fraction of sp³-hybridized carbons (Fsp3) is 0.776. The smallest absolute Gasteiger partial charge is 0.306 e. The Morgan fingerprint density at radius 1 is 0.256 bits per heavy atom. The Labute approximate surface area is 509 Å². The van der Waals surface area contributed by atoms with Gasteiger partial charge in [0.1, 0.15) is 13.2 Å². The molecule has 0 aliphatic rings. The molecule has 0 N–H and O–H groups in total. The molecule has 0 aliphatic carbocycles. The molecule has 474 valence electrons. The lowest BCUT2D eigenvalue weighted by molar-refractivity contribution is -0.167. The number of allylic oxidation sites excluding steroid dienone is 14. The first-order valence-electron chi connectivity index (χ1n) is 35.6. The van der Waals surface area contributed by atoms with Crippen molar-refractivity contribution in [3.63, 3.8) is 0 Å². The summed E-state index contributed by atoms with van der Waals surface area (Å²) in [6.07, 6.45) is 93.2. The van der Waals surface area contributed by atoms with E-state index in [1.54, 1.807) is 0 Å². The molecule has 0 amide bonds. The van der Waals surface area contributed by atoms with Crippen LogP contribution in [0.1, 0.15) is 361 Å². The minimum absolute atomic E-state index is 0.0833. The molecule has 0 aromatic rings. The largest absolute Gasteiger partial charge is 0.462 e. The summed E-state index contributed by atoms with van der Waals surface area (Å²) in [5, 5.41) is 0. The number of rotatable bonds is 65. The highest BCUT2D eigenvalue weighted by Gasteiger charge is 2.19. The van der Waals surface area contributed by atoms with Crippen LogP contribution in [0.3, 0.4) is 0 Å². The lowest BCUT2D eigenvalue weighted by Crippen LogP contribution is -2.30. The van der Waals surface area contributed by atoms with E-state index in [1.807, 2.05) is 0 Å². The Balaban J connectivity index is 4.37. The monoisotopic (exact) mass is 1140 g/mol. The third-order valence-corrected chi connectivity index (χ3v) is 15.6. The van der Waals surface area contributed by atoms with Crippen LogP contribution in [0.2, 0.25) is 0 Å². The predicted octanol–water partition coefficient (Wildman–Crippen LogP) is 24.6. The van der Waals surface area contributed by atoms with E-state index in [4.69, 9.17) is 14.2 Å². The maximum absolute atomic E-state index is 13.0. The first kappa shape index (κ1) is 78.6. The first-order valence-corrected chi connectivity index (χ1v) is 35.6. The Kier molecular flexibility index (Phi) is 67.2. The average molecular weight is 1140 g/mol. The number of ether oxygens (including phenoxy) is 3. The van der Waals surface area contributed by atoms with Gasteiger partial charge >= 0.3 is 17.9 Å². The minimum atomic E-state index is -0.791. The summed E-state index contributed by atoms with van der Waals surface area (Å²) < 4.78 is 17.0.